The number of carbonyl (C=O) groups is 1. The Morgan fingerprint density at radius 3 is 2.91 bits per heavy atom. The minimum Gasteiger partial charge on any atom is -0.480 e. The van der Waals surface area contributed by atoms with E-state index in [-0.39, 0.29) is 12.5 Å². The Bertz CT molecular complexity index is 869. The molecule has 0 fully saturated rings. The van der Waals surface area contributed by atoms with Gasteiger partial charge in [-0.05, 0) is 25.1 Å². The molecule has 0 radical (unpaired) electrons. The fourth-order valence-electron chi connectivity index (χ4n) is 2.01. The Morgan fingerprint density at radius 2 is 2.17 bits per heavy atom. The number of ether oxygens (including phenoxy) is 1. The van der Waals surface area contributed by atoms with Crippen molar-refractivity contribution in [1.82, 2.24) is 9.97 Å². The monoisotopic (exact) mass is 367 g/mol. The predicted molar refractivity (Wildman–Crippen MR) is 92.7 cm³/mol. The molecule has 0 saturated heterocycles. The predicted octanol–water partition coefficient (Wildman–Crippen LogP) is 4.32. The third kappa shape index (κ3) is 3.55. The van der Waals surface area contributed by atoms with Gasteiger partial charge in [0, 0.05) is 22.7 Å². The second kappa shape index (κ2) is 6.70. The number of amides is 1. The number of halogens is 2. The Balaban J connectivity index is 1.85. The van der Waals surface area contributed by atoms with E-state index < -0.39 is 0 Å². The van der Waals surface area contributed by atoms with Crippen LogP contribution in [0.1, 0.15) is 5.69 Å². The maximum atomic E-state index is 11.9. The second-order valence-corrected chi connectivity index (χ2v) is 6.40. The Hall–Kier alpha value is -1.89. The zero-order chi connectivity index (χ0) is 16.4. The van der Waals surface area contributed by atoms with Crippen LogP contribution in [-0.4, -0.2) is 22.5 Å². The van der Waals surface area contributed by atoms with Crippen LogP contribution in [0.5, 0.6) is 5.75 Å². The van der Waals surface area contributed by atoms with E-state index in [1.54, 1.807) is 17.6 Å². The maximum Gasteiger partial charge on any atom is 0.264 e. The van der Waals surface area contributed by atoms with Crippen LogP contribution in [0.4, 0.5) is 5.13 Å². The molecule has 0 spiro atoms. The molecular formula is C15H11Cl2N3O2S. The smallest absolute Gasteiger partial charge is 0.264 e. The zero-order valence-electron chi connectivity index (χ0n) is 12.0. The lowest BCUT2D eigenvalue weighted by Crippen LogP contribution is -2.20. The van der Waals surface area contributed by atoms with Crippen LogP contribution in [0.15, 0.2) is 29.8 Å². The number of hydrogen-bond acceptors (Lipinski definition) is 5. The lowest BCUT2D eigenvalue weighted by atomic mass is 10.2. The highest BCUT2D eigenvalue weighted by atomic mass is 35.5. The number of anilines is 1. The number of rotatable bonds is 4. The first-order valence-corrected chi connectivity index (χ1v) is 8.25. The van der Waals surface area contributed by atoms with Gasteiger partial charge in [0.2, 0.25) is 0 Å². The summed E-state index contributed by atoms with van der Waals surface area (Å²) in [6.45, 7) is 1.65. The number of nitrogens with zero attached hydrogens (tertiary/aromatic N) is 2. The molecule has 1 amide bonds. The van der Waals surface area contributed by atoms with Crippen LogP contribution in [0.3, 0.4) is 0 Å². The van der Waals surface area contributed by atoms with Gasteiger partial charge < -0.3 is 4.74 Å². The van der Waals surface area contributed by atoms with Gasteiger partial charge in [0.25, 0.3) is 5.91 Å². The topological polar surface area (TPSA) is 64.1 Å². The number of aryl methyl sites for hydroxylation is 1. The van der Waals surface area contributed by atoms with E-state index in [1.165, 1.54) is 11.3 Å². The molecule has 2 heterocycles. The van der Waals surface area contributed by atoms with Gasteiger partial charge in [-0.15, -0.1) is 11.3 Å². The van der Waals surface area contributed by atoms with Crippen LogP contribution < -0.4 is 10.1 Å². The van der Waals surface area contributed by atoms with Gasteiger partial charge in [0.1, 0.15) is 5.52 Å². The first kappa shape index (κ1) is 16.0. The van der Waals surface area contributed by atoms with Gasteiger partial charge in [0.05, 0.1) is 10.0 Å². The largest absolute Gasteiger partial charge is 0.480 e. The molecular weight excluding hydrogens is 357 g/mol. The van der Waals surface area contributed by atoms with Gasteiger partial charge in [-0.1, -0.05) is 23.2 Å². The highest BCUT2D eigenvalue weighted by molar-refractivity contribution is 7.13. The van der Waals surface area contributed by atoms with Crippen molar-refractivity contribution in [2.24, 2.45) is 0 Å². The summed E-state index contributed by atoms with van der Waals surface area (Å²) in [4.78, 5) is 20.3. The van der Waals surface area contributed by atoms with Crippen molar-refractivity contribution >= 4 is 56.5 Å². The van der Waals surface area contributed by atoms with Crippen molar-refractivity contribution in [3.63, 3.8) is 0 Å². The Kier molecular flexibility index (Phi) is 4.66. The molecule has 0 aliphatic heterocycles. The Labute approximate surface area is 146 Å². The van der Waals surface area contributed by atoms with Gasteiger partial charge in [-0.2, -0.15) is 0 Å². The quantitative estimate of drug-likeness (QED) is 0.745. The number of fused-ring (bicyclic) bond motifs is 1. The third-order valence-electron chi connectivity index (χ3n) is 3.00. The molecule has 23 heavy (non-hydrogen) atoms. The number of thiazole rings is 1. The SMILES string of the molecule is Cc1ccc2c(Cl)cc(Cl)c(OCC(=O)Nc3nccs3)c2n1. The summed E-state index contributed by atoms with van der Waals surface area (Å²) in [7, 11) is 0. The van der Waals surface area contributed by atoms with E-state index in [2.05, 4.69) is 15.3 Å². The molecule has 0 unspecified atom stereocenters. The van der Waals surface area contributed by atoms with Crippen LogP contribution in [0.2, 0.25) is 10.0 Å². The fraction of sp³-hybridized carbons (Fsp3) is 0.133. The van der Waals surface area contributed by atoms with Gasteiger partial charge in [-0.25, -0.2) is 9.97 Å². The minimum atomic E-state index is -0.327. The standard InChI is InChI=1S/C15H11Cl2N3O2S/c1-8-2-3-9-10(16)6-11(17)14(13(9)19-8)22-7-12(21)20-15-18-4-5-23-15/h2-6H,7H2,1H3,(H,18,20,21). The van der Waals surface area contributed by atoms with E-state index in [0.717, 1.165) is 11.1 Å². The first-order chi connectivity index (χ1) is 11.0. The number of hydrogen-bond donors (Lipinski definition) is 1. The van der Waals surface area contributed by atoms with E-state index in [4.69, 9.17) is 27.9 Å². The molecule has 0 saturated carbocycles. The van der Waals surface area contributed by atoms with E-state index >= 15 is 0 Å². The average Bonchev–Trinajstić information content (AvgIpc) is 2.99. The summed E-state index contributed by atoms with van der Waals surface area (Å²) >= 11 is 13.7. The molecule has 0 aliphatic carbocycles. The van der Waals surface area contributed by atoms with Crippen molar-refractivity contribution in [3.8, 4) is 5.75 Å². The third-order valence-corrected chi connectivity index (χ3v) is 4.29. The maximum absolute atomic E-state index is 11.9. The molecule has 1 N–H and O–H groups in total. The van der Waals surface area contributed by atoms with Crippen molar-refractivity contribution < 1.29 is 9.53 Å². The van der Waals surface area contributed by atoms with E-state index in [1.807, 2.05) is 19.1 Å². The zero-order valence-corrected chi connectivity index (χ0v) is 14.3. The summed E-state index contributed by atoms with van der Waals surface area (Å²) in [5.74, 6) is 0.0100. The molecule has 0 aliphatic rings. The average molecular weight is 368 g/mol. The number of carbonyl (C=O) groups excluding carboxylic acids is 1. The highest BCUT2D eigenvalue weighted by Crippen LogP contribution is 2.37. The molecule has 1 aromatic carbocycles. The number of nitrogens with one attached hydrogen (secondary N) is 1. The van der Waals surface area contributed by atoms with Crippen LogP contribution in [0.25, 0.3) is 10.9 Å². The van der Waals surface area contributed by atoms with Crippen molar-refractivity contribution in [3.05, 3.63) is 45.5 Å². The minimum absolute atomic E-state index is 0.203. The fourth-order valence-corrected chi connectivity index (χ4v) is 3.12. The molecule has 0 bridgehead atoms. The van der Waals surface area contributed by atoms with Crippen LogP contribution in [0, 0.1) is 6.92 Å². The number of aromatic nitrogens is 2. The van der Waals surface area contributed by atoms with Gasteiger partial charge >= 0.3 is 0 Å². The van der Waals surface area contributed by atoms with E-state index in [0.29, 0.717) is 26.4 Å². The highest BCUT2D eigenvalue weighted by Gasteiger charge is 2.15. The van der Waals surface area contributed by atoms with Gasteiger partial charge in [-0.3, -0.25) is 10.1 Å². The van der Waals surface area contributed by atoms with Crippen molar-refractivity contribution in [1.29, 1.82) is 0 Å². The number of benzene rings is 1. The van der Waals surface area contributed by atoms with Gasteiger partial charge in [0.15, 0.2) is 17.5 Å². The van der Waals surface area contributed by atoms with Crippen LogP contribution >= 0.6 is 34.5 Å². The molecule has 8 heteroatoms. The molecule has 5 nitrogen and oxygen atoms in total. The summed E-state index contributed by atoms with van der Waals surface area (Å²) in [5, 5.41) is 6.43. The normalized spacial score (nSPS) is 10.7. The second-order valence-electron chi connectivity index (χ2n) is 4.69. The van der Waals surface area contributed by atoms with E-state index in [9.17, 15) is 4.79 Å². The molecule has 0 atom stereocenters. The number of pyridine rings is 1. The molecule has 2 aromatic heterocycles. The Morgan fingerprint density at radius 1 is 1.35 bits per heavy atom. The summed E-state index contributed by atoms with van der Waals surface area (Å²) in [5.41, 5.74) is 1.33. The molecule has 3 aromatic rings. The summed E-state index contributed by atoms with van der Waals surface area (Å²) < 4.78 is 5.58. The summed E-state index contributed by atoms with van der Waals surface area (Å²) in [6.07, 6.45) is 1.61. The molecule has 118 valence electrons. The van der Waals surface area contributed by atoms with Crippen LogP contribution in [-0.2, 0) is 4.79 Å². The first-order valence-electron chi connectivity index (χ1n) is 6.62. The summed E-state index contributed by atoms with van der Waals surface area (Å²) in [6, 6.07) is 5.27. The van der Waals surface area contributed by atoms with Crippen molar-refractivity contribution in [2.45, 2.75) is 6.92 Å². The lowest BCUT2D eigenvalue weighted by molar-refractivity contribution is -0.118. The lowest BCUT2D eigenvalue weighted by Gasteiger charge is -2.12. The van der Waals surface area contributed by atoms with Crippen molar-refractivity contribution in [2.75, 3.05) is 11.9 Å². The molecule has 3 rings (SSSR count).